The quantitative estimate of drug-likeness (QED) is 0.309. The average Bonchev–Trinajstić information content (AvgIpc) is 2.37. The third kappa shape index (κ3) is 5.77. The Morgan fingerprint density at radius 1 is 1.28 bits per heavy atom. The van der Waals surface area contributed by atoms with E-state index in [1.807, 2.05) is 0 Å². The zero-order valence-electron chi connectivity index (χ0n) is 12.5. The second kappa shape index (κ2) is 8.78. The Morgan fingerprint density at radius 2 is 1.94 bits per heavy atom. The van der Waals surface area contributed by atoms with E-state index in [2.05, 4.69) is 43.4 Å². The van der Waals surface area contributed by atoms with Gasteiger partial charge >= 0.3 is 0 Å². The predicted octanol–water partition coefficient (Wildman–Crippen LogP) is 5.60. The summed E-state index contributed by atoms with van der Waals surface area (Å²) in [6, 6.07) is 0. The molecule has 1 fully saturated rings. The van der Waals surface area contributed by atoms with E-state index in [-0.39, 0.29) is 5.60 Å². The van der Waals surface area contributed by atoms with E-state index < -0.39 is 0 Å². The summed E-state index contributed by atoms with van der Waals surface area (Å²) >= 11 is 2.53. The van der Waals surface area contributed by atoms with Crippen molar-refractivity contribution in [2.45, 2.75) is 77.7 Å². The van der Waals surface area contributed by atoms with Gasteiger partial charge in [0, 0.05) is 11.0 Å². The molecule has 1 saturated carbocycles. The van der Waals surface area contributed by atoms with Crippen LogP contribution >= 0.6 is 22.6 Å². The van der Waals surface area contributed by atoms with Gasteiger partial charge in [-0.15, -0.1) is 0 Å². The molecule has 0 radical (unpaired) electrons. The standard InChI is InChI=1S/C16H31IO/c1-4-6-15-8-10-16(13-17,11-9-15)18-12-5-7-14(2)3/h14-15H,4-13H2,1-3H3. The molecule has 1 aliphatic carbocycles. The van der Waals surface area contributed by atoms with Crippen LogP contribution in [0.2, 0.25) is 0 Å². The van der Waals surface area contributed by atoms with Crippen molar-refractivity contribution in [1.29, 1.82) is 0 Å². The van der Waals surface area contributed by atoms with Crippen molar-refractivity contribution in [1.82, 2.24) is 0 Å². The zero-order chi connectivity index (χ0) is 13.4. The summed E-state index contributed by atoms with van der Waals surface area (Å²) in [5.41, 5.74) is 0.224. The Kier molecular flexibility index (Phi) is 8.17. The molecule has 1 nitrogen and oxygen atoms in total. The van der Waals surface area contributed by atoms with Crippen LogP contribution in [0.4, 0.5) is 0 Å². The third-order valence-corrected chi connectivity index (χ3v) is 5.68. The fraction of sp³-hybridized carbons (Fsp3) is 1.00. The predicted molar refractivity (Wildman–Crippen MR) is 88.5 cm³/mol. The highest BCUT2D eigenvalue weighted by molar-refractivity contribution is 14.1. The monoisotopic (exact) mass is 366 g/mol. The summed E-state index contributed by atoms with van der Waals surface area (Å²) in [6.07, 6.45) is 10.7. The van der Waals surface area contributed by atoms with E-state index in [1.54, 1.807) is 0 Å². The lowest BCUT2D eigenvalue weighted by Gasteiger charge is -2.39. The summed E-state index contributed by atoms with van der Waals surface area (Å²) in [5.74, 6) is 1.79. The third-order valence-electron chi connectivity index (χ3n) is 4.29. The van der Waals surface area contributed by atoms with Gasteiger partial charge in [0.1, 0.15) is 0 Å². The fourth-order valence-electron chi connectivity index (χ4n) is 3.00. The second-order valence-electron chi connectivity index (χ2n) is 6.43. The minimum Gasteiger partial charge on any atom is -0.374 e. The minimum absolute atomic E-state index is 0.224. The number of rotatable bonds is 8. The Morgan fingerprint density at radius 3 is 2.44 bits per heavy atom. The summed E-state index contributed by atoms with van der Waals surface area (Å²) in [7, 11) is 0. The summed E-state index contributed by atoms with van der Waals surface area (Å²) < 4.78 is 7.46. The number of halogens is 1. The molecule has 0 aromatic carbocycles. The molecule has 2 heteroatoms. The van der Waals surface area contributed by atoms with E-state index in [1.165, 1.54) is 55.8 Å². The van der Waals surface area contributed by atoms with Crippen LogP contribution in [0.15, 0.2) is 0 Å². The van der Waals surface area contributed by atoms with Crippen molar-refractivity contribution in [2.24, 2.45) is 11.8 Å². The molecule has 0 aromatic rings. The topological polar surface area (TPSA) is 9.23 Å². The van der Waals surface area contributed by atoms with Gasteiger partial charge in [0.15, 0.2) is 0 Å². The smallest absolute Gasteiger partial charge is 0.0771 e. The molecule has 0 bridgehead atoms. The van der Waals surface area contributed by atoms with E-state index >= 15 is 0 Å². The molecular formula is C16H31IO. The lowest BCUT2D eigenvalue weighted by atomic mass is 9.78. The normalized spacial score (nSPS) is 28.8. The van der Waals surface area contributed by atoms with Gasteiger partial charge < -0.3 is 4.74 Å². The van der Waals surface area contributed by atoms with Crippen LogP contribution in [0.5, 0.6) is 0 Å². The van der Waals surface area contributed by atoms with Gasteiger partial charge in [-0.05, 0) is 50.4 Å². The van der Waals surface area contributed by atoms with Gasteiger partial charge in [0.05, 0.1) is 5.60 Å². The minimum atomic E-state index is 0.224. The van der Waals surface area contributed by atoms with Crippen LogP contribution in [0.1, 0.15) is 72.1 Å². The molecule has 0 aromatic heterocycles. The molecule has 108 valence electrons. The van der Waals surface area contributed by atoms with Gasteiger partial charge in [-0.3, -0.25) is 0 Å². The number of hydrogen-bond acceptors (Lipinski definition) is 1. The van der Waals surface area contributed by atoms with E-state index in [4.69, 9.17) is 4.74 Å². The summed E-state index contributed by atoms with van der Waals surface area (Å²) in [4.78, 5) is 0. The number of alkyl halides is 1. The highest BCUT2D eigenvalue weighted by Gasteiger charge is 2.34. The summed E-state index contributed by atoms with van der Waals surface area (Å²) in [5, 5.41) is 0. The van der Waals surface area contributed by atoms with Crippen molar-refractivity contribution >= 4 is 22.6 Å². The van der Waals surface area contributed by atoms with Crippen molar-refractivity contribution in [2.75, 3.05) is 11.0 Å². The number of ether oxygens (including phenoxy) is 1. The van der Waals surface area contributed by atoms with Crippen molar-refractivity contribution in [3.8, 4) is 0 Å². The van der Waals surface area contributed by atoms with Crippen molar-refractivity contribution in [3.05, 3.63) is 0 Å². The van der Waals surface area contributed by atoms with Gasteiger partial charge in [0.2, 0.25) is 0 Å². The molecule has 1 aliphatic rings. The maximum atomic E-state index is 6.29. The van der Waals surface area contributed by atoms with Gasteiger partial charge in [-0.25, -0.2) is 0 Å². The lowest BCUT2D eigenvalue weighted by molar-refractivity contribution is -0.0610. The SMILES string of the molecule is CCCC1CCC(CI)(OCCCC(C)C)CC1. The van der Waals surface area contributed by atoms with Gasteiger partial charge in [-0.1, -0.05) is 56.2 Å². The first-order valence-corrected chi connectivity index (χ1v) is 9.34. The lowest BCUT2D eigenvalue weighted by Crippen LogP contribution is -2.39. The number of hydrogen-bond donors (Lipinski definition) is 0. The molecule has 18 heavy (non-hydrogen) atoms. The molecule has 0 aliphatic heterocycles. The molecule has 0 spiro atoms. The van der Waals surface area contributed by atoms with E-state index in [9.17, 15) is 0 Å². The van der Waals surface area contributed by atoms with E-state index in [0.717, 1.165) is 18.4 Å². The molecule has 0 heterocycles. The first kappa shape index (κ1) is 16.7. The molecule has 0 amide bonds. The van der Waals surface area contributed by atoms with Crippen LogP contribution in [0, 0.1) is 11.8 Å². The second-order valence-corrected chi connectivity index (χ2v) is 7.20. The first-order chi connectivity index (χ1) is 8.62. The molecule has 0 N–H and O–H groups in total. The Balaban J connectivity index is 2.27. The molecule has 1 rings (SSSR count). The maximum Gasteiger partial charge on any atom is 0.0771 e. The van der Waals surface area contributed by atoms with Crippen LogP contribution in [-0.2, 0) is 4.74 Å². The van der Waals surface area contributed by atoms with Gasteiger partial charge in [0.25, 0.3) is 0 Å². The Bertz CT molecular complexity index is 207. The van der Waals surface area contributed by atoms with Crippen LogP contribution in [0.25, 0.3) is 0 Å². The average molecular weight is 366 g/mol. The maximum absolute atomic E-state index is 6.29. The zero-order valence-corrected chi connectivity index (χ0v) is 14.7. The molecule has 0 unspecified atom stereocenters. The van der Waals surface area contributed by atoms with Crippen LogP contribution in [-0.4, -0.2) is 16.6 Å². The first-order valence-electron chi connectivity index (χ1n) is 7.82. The molecular weight excluding hydrogens is 335 g/mol. The van der Waals surface area contributed by atoms with Crippen molar-refractivity contribution < 1.29 is 4.74 Å². The summed E-state index contributed by atoms with van der Waals surface area (Å²) in [6.45, 7) is 7.87. The Labute approximate surface area is 128 Å². The fourth-order valence-corrected chi connectivity index (χ4v) is 3.98. The molecule has 0 atom stereocenters. The largest absolute Gasteiger partial charge is 0.374 e. The van der Waals surface area contributed by atoms with Crippen LogP contribution < -0.4 is 0 Å². The van der Waals surface area contributed by atoms with Gasteiger partial charge in [-0.2, -0.15) is 0 Å². The Hall–Kier alpha value is 0.690. The highest BCUT2D eigenvalue weighted by Crippen LogP contribution is 2.38. The highest BCUT2D eigenvalue weighted by atomic mass is 127. The van der Waals surface area contributed by atoms with Crippen LogP contribution in [0.3, 0.4) is 0 Å². The molecule has 0 saturated heterocycles. The van der Waals surface area contributed by atoms with E-state index in [0.29, 0.717) is 0 Å². The van der Waals surface area contributed by atoms with Crippen molar-refractivity contribution in [3.63, 3.8) is 0 Å².